The van der Waals surface area contributed by atoms with Crippen molar-refractivity contribution in [3.63, 3.8) is 0 Å². The summed E-state index contributed by atoms with van der Waals surface area (Å²) in [5.41, 5.74) is 2.15. The molecule has 0 amide bonds. The van der Waals surface area contributed by atoms with E-state index in [1.54, 1.807) is 17.7 Å². The topological polar surface area (TPSA) is 75.3 Å². The Balaban J connectivity index is 2.21. The van der Waals surface area contributed by atoms with E-state index in [0.29, 0.717) is 17.0 Å². The quantitative estimate of drug-likeness (QED) is 0.864. The number of aliphatic hydroxyl groups excluding tert-OH is 1. The number of fused-ring (bicyclic) bond motifs is 1. The van der Waals surface area contributed by atoms with Crippen LogP contribution in [0.2, 0.25) is 0 Å². The minimum atomic E-state index is -0.976. The third-order valence-electron chi connectivity index (χ3n) is 3.56. The first kappa shape index (κ1) is 11.2. The maximum absolute atomic E-state index is 11.2. The van der Waals surface area contributed by atoms with E-state index in [1.807, 2.05) is 0 Å². The molecule has 1 aliphatic carbocycles. The number of hydrogen-bond acceptors (Lipinski definition) is 3. The van der Waals surface area contributed by atoms with Gasteiger partial charge < -0.3 is 14.8 Å². The lowest BCUT2D eigenvalue weighted by Crippen LogP contribution is -2.07. The first-order valence-corrected chi connectivity index (χ1v) is 5.95. The van der Waals surface area contributed by atoms with Gasteiger partial charge in [-0.05, 0) is 30.9 Å². The average molecular weight is 246 g/mol. The van der Waals surface area contributed by atoms with Crippen molar-refractivity contribution < 1.29 is 15.0 Å². The van der Waals surface area contributed by atoms with Crippen LogP contribution in [0.1, 0.15) is 35.0 Å². The summed E-state index contributed by atoms with van der Waals surface area (Å²) in [4.78, 5) is 15.4. The third kappa shape index (κ3) is 1.59. The van der Waals surface area contributed by atoms with Crippen LogP contribution < -0.4 is 0 Å². The summed E-state index contributed by atoms with van der Waals surface area (Å²) >= 11 is 0. The van der Waals surface area contributed by atoms with Crippen LogP contribution in [0, 0.1) is 5.92 Å². The van der Waals surface area contributed by atoms with Gasteiger partial charge >= 0.3 is 5.97 Å². The van der Waals surface area contributed by atoms with Crippen LogP contribution in [0.25, 0.3) is 11.0 Å². The van der Waals surface area contributed by atoms with Crippen molar-refractivity contribution in [1.82, 2.24) is 9.55 Å². The van der Waals surface area contributed by atoms with Crippen molar-refractivity contribution in [3.8, 4) is 0 Å². The fourth-order valence-electron chi connectivity index (χ4n) is 2.40. The maximum atomic E-state index is 11.2. The Kier molecular flexibility index (Phi) is 2.38. The summed E-state index contributed by atoms with van der Waals surface area (Å²) in [5.74, 6) is -0.669. The van der Waals surface area contributed by atoms with Gasteiger partial charge in [-0.2, -0.15) is 0 Å². The first-order chi connectivity index (χ1) is 8.59. The zero-order chi connectivity index (χ0) is 12.9. The smallest absolute Gasteiger partial charge is 0.337 e. The number of rotatable bonds is 3. The molecule has 0 radical (unpaired) electrons. The summed E-state index contributed by atoms with van der Waals surface area (Å²) in [5, 5.41) is 19.3. The molecule has 2 aromatic heterocycles. The van der Waals surface area contributed by atoms with E-state index in [4.69, 9.17) is 0 Å². The minimum Gasteiger partial charge on any atom is -0.478 e. The largest absolute Gasteiger partial charge is 0.478 e. The predicted octanol–water partition coefficient (Wildman–Crippen LogP) is 1.71. The fraction of sp³-hybridized carbons (Fsp3) is 0.385. The van der Waals surface area contributed by atoms with Gasteiger partial charge in [0.05, 0.1) is 22.7 Å². The van der Waals surface area contributed by atoms with Crippen LogP contribution in [0.4, 0.5) is 0 Å². The van der Waals surface area contributed by atoms with Gasteiger partial charge in [0.25, 0.3) is 0 Å². The van der Waals surface area contributed by atoms with Crippen molar-refractivity contribution >= 4 is 17.0 Å². The van der Waals surface area contributed by atoms with Crippen LogP contribution in [0.3, 0.4) is 0 Å². The average Bonchev–Trinajstić information content (AvgIpc) is 3.13. The number of pyridine rings is 1. The molecule has 94 valence electrons. The third-order valence-corrected chi connectivity index (χ3v) is 3.56. The molecule has 1 saturated carbocycles. The molecule has 0 spiro atoms. The first-order valence-electron chi connectivity index (χ1n) is 5.95. The zero-order valence-electron chi connectivity index (χ0n) is 10.00. The van der Waals surface area contributed by atoms with E-state index >= 15 is 0 Å². The van der Waals surface area contributed by atoms with E-state index < -0.39 is 12.1 Å². The number of aromatic nitrogens is 2. The molecule has 2 N–H and O–H groups in total. The molecule has 1 unspecified atom stereocenters. The highest BCUT2D eigenvalue weighted by atomic mass is 16.4. The molecule has 0 aromatic carbocycles. The van der Waals surface area contributed by atoms with E-state index in [2.05, 4.69) is 4.98 Å². The van der Waals surface area contributed by atoms with Gasteiger partial charge in [-0.1, -0.05) is 0 Å². The SMILES string of the molecule is Cn1c(C(O)C2CC2)cc2nccc(C(=O)O)c21. The predicted molar refractivity (Wildman–Crippen MR) is 65.4 cm³/mol. The molecule has 0 aliphatic heterocycles. The van der Waals surface area contributed by atoms with Gasteiger partial charge in [0.2, 0.25) is 0 Å². The second kappa shape index (κ2) is 3.81. The second-order valence-electron chi connectivity index (χ2n) is 4.81. The molecule has 3 rings (SSSR count). The molecule has 1 fully saturated rings. The highest BCUT2D eigenvalue weighted by Crippen LogP contribution is 2.41. The summed E-state index contributed by atoms with van der Waals surface area (Å²) in [6.45, 7) is 0. The minimum absolute atomic E-state index is 0.219. The Morgan fingerprint density at radius 1 is 1.56 bits per heavy atom. The number of aromatic carboxylic acids is 1. The molecule has 2 aromatic rings. The normalized spacial score (nSPS) is 17.0. The Bertz CT molecular complexity index is 628. The molecular formula is C13H14N2O3. The standard InChI is InChI=1S/C13H14N2O3/c1-15-10(12(16)7-2-3-7)6-9-11(15)8(13(17)18)4-5-14-9/h4-7,12,16H,2-3H2,1H3,(H,17,18). The van der Waals surface area contributed by atoms with Gasteiger partial charge in [-0.15, -0.1) is 0 Å². The summed E-state index contributed by atoms with van der Waals surface area (Å²) < 4.78 is 1.74. The number of nitrogens with zero attached hydrogens (tertiary/aromatic N) is 2. The van der Waals surface area contributed by atoms with Crippen molar-refractivity contribution in [2.24, 2.45) is 13.0 Å². The highest BCUT2D eigenvalue weighted by Gasteiger charge is 2.33. The molecule has 1 atom stereocenters. The Hall–Kier alpha value is -1.88. The van der Waals surface area contributed by atoms with Crippen LogP contribution in [-0.2, 0) is 7.05 Å². The monoisotopic (exact) mass is 246 g/mol. The summed E-state index contributed by atoms with van der Waals surface area (Å²) in [6, 6.07) is 3.27. The molecule has 0 saturated heterocycles. The van der Waals surface area contributed by atoms with Crippen molar-refractivity contribution in [1.29, 1.82) is 0 Å². The van der Waals surface area contributed by atoms with E-state index in [1.165, 1.54) is 12.3 Å². The van der Waals surface area contributed by atoms with Crippen molar-refractivity contribution in [2.45, 2.75) is 18.9 Å². The lowest BCUT2D eigenvalue weighted by atomic mass is 10.1. The number of carbonyl (C=O) groups is 1. The molecule has 0 bridgehead atoms. The second-order valence-corrected chi connectivity index (χ2v) is 4.81. The van der Waals surface area contributed by atoms with Crippen LogP contribution in [0.15, 0.2) is 18.3 Å². The number of hydrogen-bond donors (Lipinski definition) is 2. The number of aryl methyl sites for hydroxylation is 1. The van der Waals surface area contributed by atoms with Gasteiger partial charge in [0.1, 0.15) is 0 Å². The van der Waals surface area contributed by atoms with E-state index in [-0.39, 0.29) is 5.56 Å². The fourth-order valence-corrected chi connectivity index (χ4v) is 2.40. The maximum Gasteiger partial charge on any atom is 0.337 e. The molecule has 5 nitrogen and oxygen atoms in total. The number of carboxylic acid groups (broad SMARTS) is 1. The van der Waals surface area contributed by atoms with Crippen molar-refractivity contribution in [3.05, 3.63) is 29.6 Å². The van der Waals surface area contributed by atoms with Gasteiger partial charge in [-0.3, -0.25) is 4.98 Å². The van der Waals surface area contributed by atoms with Gasteiger partial charge in [-0.25, -0.2) is 4.79 Å². The van der Waals surface area contributed by atoms with Crippen LogP contribution in [0.5, 0.6) is 0 Å². The Labute approximate surface area is 104 Å². The molecule has 18 heavy (non-hydrogen) atoms. The highest BCUT2D eigenvalue weighted by molar-refractivity contribution is 6.01. The molecule has 2 heterocycles. The van der Waals surface area contributed by atoms with Crippen LogP contribution in [-0.4, -0.2) is 25.7 Å². The molecular weight excluding hydrogens is 232 g/mol. The van der Waals surface area contributed by atoms with Crippen molar-refractivity contribution in [2.75, 3.05) is 0 Å². The van der Waals surface area contributed by atoms with E-state index in [0.717, 1.165) is 18.5 Å². The zero-order valence-corrected chi connectivity index (χ0v) is 10.00. The lowest BCUT2D eigenvalue weighted by molar-refractivity contribution is 0.0698. The summed E-state index contributed by atoms with van der Waals surface area (Å²) in [6.07, 6.45) is 3.02. The summed E-state index contributed by atoms with van der Waals surface area (Å²) in [7, 11) is 1.78. The molecule has 1 aliphatic rings. The Morgan fingerprint density at radius 2 is 2.28 bits per heavy atom. The van der Waals surface area contributed by atoms with Gasteiger partial charge in [0, 0.05) is 18.9 Å². The number of aliphatic hydroxyl groups is 1. The van der Waals surface area contributed by atoms with Gasteiger partial charge in [0.15, 0.2) is 0 Å². The van der Waals surface area contributed by atoms with E-state index in [9.17, 15) is 15.0 Å². The van der Waals surface area contributed by atoms with Crippen LogP contribution >= 0.6 is 0 Å². The lowest BCUT2D eigenvalue weighted by Gasteiger charge is -2.11. The molecule has 5 heteroatoms. The Morgan fingerprint density at radius 3 is 2.89 bits per heavy atom. The number of carboxylic acids is 1.